The van der Waals surface area contributed by atoms with E-state index in [2.05, 4.69) is 10.6 Å². The van der Waals surface area contributed by atoms with Gasteiger partial charge in [0.05, 0.1) is 17.4 Å². The molecule has 0 aromatic heterocycles. The minimum absolute atomic E-state index is 0.155. The molecule has 0 aliphatic rings. The quantitative estimate of drug-likeness (QED) is 0.217. The van der Waals surface area contributed by atoms with Gasteiger partial charge in [-0.15, -0.1) is 11.8 Å². The number of nitrogens with one attached hydrogen (secondary N) is 2. The lowest BCUT2D eigenvalue weighted by molar-refractivity contribution is -0.115. The van der Waals surface area contributed by atoms with Crippen molar-refractivity contribution in [2.24, 2.45) is 0 Å². The van der Waals surface area contributed by atoms with Crippen LogP contribution in [0.2, 0.25) is 0 Å². The molecule has 7 heteroatoms. The van der Waals surface area contributed by atoms with Gasteiger partial charge < -0.3 is 15.4 Å². The lowest BCUT2D eigenvalue weighted by Crippen LogP contribution is -2.22. The molecule has 1 atom stereocenters. The predicted octanol–water partition coefficient (Wildman–Crippen LogP) is 6.39. The zero-order valence-corrected chi connectivity index (χ0v) is 20.8. The summed E-state index contributed by atoms with van der Waals surface area (Å²) in [5.74, 6) is -0.725. The van der Waals surface area contributed by atoms with E-state index in [-0.39, 0.29) is 17.1 Å². The number of thioether (sulfide) groups is 1. The number of carbonyl (C=O) groups is 3. The largest absolute Gasteiger partial charge is 0.462 e. The zero-order valence-electron chi connectivity index (χ0n) is 20.0. The van der Waals surface area contributed by atoms with Crippen LogP contribution < -0.4 is 10.6 Å². The summed E-state index contributed by atoms with van der Waals surface area (Å²) in [5, 5.41) is 7.52. The number of carbonyl (C=O) groups excluding carboxylic acids is 3. The molecule has 0 bridgehead atoms. The number of rotatable bonds is 8. The summed E-state index contributed by atoms with van der Waals surface area (Å²) in [5.41, 5.74) is 2.31. The fourth-order valence-electron chi connectivity index (χ4n) is 3.56. The van der Waals surface area contributed by atoms with Crippen molar-refractivity contribution >= 4 is 51.7 Å². The van der Waals surface area contributed by atoms with E-state index in [0.29, 0.717) is 29.1 Å². The summed E-state index contributed by atoms with van der Waals surface area (Å²) in [6.45, 7) is 3.88. The maximum absolute atomic E-state index is 12.7. The zero-order chi connectivity index (χ0) is 25.5. The molecular weight excluding hydrogens is 472 g/mol. The van der Waals surface area contributed by atoms with Crippen molar-refractivity contribution in [3.8, 4) is 0 Å². The number of anilines is 2. The smallest absolute Gasteiger partial charge is 0.338 e. The van der Waals surface area contributed by atoms with Crippen LogP contribution in [0.4, 0.5) is 11.4 Å². The lowest BCUT2D eigenvalue weighted by atomic mass is 10.1. The van der Waals surface area contributed by atoms with E-state index in [1.165, 1.54) is 11.8 Å². The van der Waals surface area contributed by atoms with E-state index >= 15 is 0 Å². The summed E-state index contributed by atoms with van der Waals surface area (Å²) < 4.78 is 4.97. The Morgan fingerprint density at radius 2 is 1.39 bits per heavy atom. The number of ether oxygens (including phenoxy) is 1. The Morgan fingerprint density at radius 3 is 2.08 bits per heavy atom. The molecule has 4 aromatic carbocycles. The molecule has 4 rings (SSSR count). The molecular formula is C29H26N2O4S. The van der Waals surface area contributed by atoms with Crippen molar-refractivity contribution < 1.29 is 19.1 Å². The summed E-state index contributed by atoms with van der Waals surface area (Å²) in [4.78, 5) is 38.0. The van der Waals surface area contributed by atoms with Crippen LogP contribution in [-0.2, 0) is 9.53 Å². The highest BCUT2D eigenvalue weighted by Gasteiger charge is 2.15. The topological polar surface area (TPSA) is 84.5 Å². The van der Waals surface area contributed by atoms with Gasteiger partial charge in [0.25, 0.3) is 5.91 Å². The van der Waals surface area contributed by atoms with Crippen LogP contribution in [0.1, 0.15) is 34.6 Å². The normalized spacial score (nSPS) is 11.5. The summed E-state index contributed by atoms with van der Waals surface area (Å²) in [6.07, 6.45) is 0. The van der Waals surface area contributed by atoms with Crippen molar-refractivity contribution in [3.63, 3.8) is 0 Å². The Hall–Kier alpha value is -4.10. The van der Waals surface area contributed by atoms with Crippen LogP contribution in [0.3, 0.4) is 0 Å². The Balaban J connectivity index is 1.31. The molecule has 0 aliphatic carbocycles. The van der Waals surface area contributed by atoms with Gasteiger partial charge in [0.15, 0.2) is 0 Å². The van der Waals surface area contributed by atoms with Crippen molar-refractivity contribution in [1.82, 2.24) is 0 Å². The van der Waals surface area contributed by atoms with E-state index in [1.54, 1.807) is 31.2 Å². The maximum Gasteiger partial charge on any atom is 0.338 e. The first-order chi connectivity index (χ1) is 17.4. The van der Waals surface area contributed by atoms with Crippen LogP contribution in [0, 0.1) is 0 Å². The molecule has 0 saturated carbocycles. The summed E-state index contributed by atoms with van der Waals surface area (Å²) >= 11 is 1.41. The van der Waals surface area contributed by atoms with Gasteiger partial charge in [0.1, 0.15) is 0 Å². The Morgan fingerprint density at radius 1 is 0.778 bits per heavy atom. The Bertz CT molecular complexity index is 1380. The fraction of sp³-hybridized carbons (Fsp3) is 0.138. The number of hydrogen-bond acceptors (Lipinski definition) is 5. The first kappa shape index (κ1) is 25.0. The molecule has 0 heterocycles. The number of fused-ring (bicyclic) bond motifs is 1. The minimum Gasteiger partial charge on any atom is -0.462 e. The number of hydrogen-bond donors (Lipinski definition) is 2. The fourth-order valence-corrected chi connectivity index (χ4v) is 4.42. The molecule has 1 unspecified atom stereocenters. The molecule has 182 valence electrons. The van der Waals surface area contributed by atoms with E-state index in [0.717, 1.165) is 15.7 Å². The van der Waals surface area contributed by atoms with Crippen molar-refractivity contribution in [2.45, 2.75) is 24.0 Å². The average molecular weight is 499 g/mol. The summed E-state index contributed by atoms with van der Waals surface area (Å²) in [7, 11) is 0. The van der Waals surface area contributed by atoms with Crippen LogP contribution in [0.5, 0.6) is 0 Å². The second-order valence-corrected chi connectivity index (χ2v) is 9.50. The highest BCUT2D eigenvalue weighted by molar-refractivity contribution is 8.00. The van der Waals surface area contributed by atoms with Gasteiger partial charge in [-0.3, -0.25) is 9.59 Å². The van der Waals surface area contributed by atoms with Gasteiger partial charge in [-0.2, -0.15) is 0 Å². The van der Waals surface area contributed by atoms with Crippen molar-refractivity contribution in [3.05, 3.63) is 102 Å². The van der Waals surface area contributed by atoms with Crippen LogP contribution >= 0.6 is 11.8 Å². The van der Waals surface area contributed by atoms with E-state index in [1.807, 2.05) is 73.7 Å². The lowest BCUT2D eigenvalue weighted by Gasteiger charge is -2.13. The standard InChI is InChI=1S/C29H26N2O4S/c1-3-35-29(34)21-10-12-24(13-11-21)30-27(32)19(2)36-26-16-14-25(15-17-26)31-28(33)23-9-8-20-6-4-5-7-22(20)18-23/h4-19H,3H2,1-2H3,(H,30,32)(H,31,33). The first-order valence-corrected chi connectivity index (χ1v) is 12.5. The molecule has 36 heavy (non-hydrogen) atoms. The molecule has 0 fully saturated rings. The van der Waals surface area contributed by atoms with Crippen molar-refractivity contribution in [1.29, 1.82) is 0 Å². The average Bonchev–Trinajstić information content (AvgIpc) is 2.90. The molecule has 0 radical (unpaired) electrons. The second-order valence-electron chi connectivity index (χ2n) is 8.09. The highest BCUT2D eigenvalue weighted by Crippen LogP contribution is 2.26. The monoisotopic (exact) mass is 498 g/mol. The Kier molecular flexibility index (Phi) is 8.02. The Labute approximate surface area is 214 Å². The third kappa shape index (κ3) is 6.31. The maximum atomic E-state index is 12.7. The van der Waals surface area contributed by atoms with E-state index < -0.39 is 5.97 Å². The third-order valence-corrected chi connectivity index (χ3v) is 6.58. The van der Waals surface area contributed by atoms with Gasteiger partial charge in [-0.1, -0.05) is 30.3 Å². The van der Waals surface area contributed by atoms with Gasteiger partial charge in [-0.25, -0.2) is 4.79 Å². The van der Waals surface area contributed by atoms with E-state index in [4.69, 9.17) is 4.74 Å². The molecule has 0 spiro atoms. The van der Waals surface area contributed by atoms with Crippen LogP contribution in [-0.4, -0.2) is 29.6 Å². The minimum atomic E-state index is -0.392. The molecule has 4 aromatic rings. The molecule has 6 nitrogen and oxygen atoms in total. The number of benzene rings is 4. The van der Waals surface area contributed by atoms with Crippen molar-refractivity contribution in [2.75, 3.05) is 17.2 Å². The van der Waals surface area contributed by atoms with Gasteiger partial charge in [0, 0.05) is 21.8 Å². The third-order valence-electron chi connectivity index (χ3n) is 5.47. The first-order valence-electron chi connectivity index (χ1n) is 11.6. The molecule has 0 saturated heterocycles. The highest BCUT2D eigenvalue weighted by atomic mass is 32.2. The second kappa shape index (κ2) is 11.6. The molecule has 2 N–H and O–H groups in total. The summed E-state index contributed by atoms with van der Waals surface area (Å²) in [6, 6.07) is 27.5. The van der Waals surface area contributed by atoms with E-state index in [9.17, 15) is 14.4 Å². The predicted molar refractivity (Wildman–Crippen MR) is 145 cm³/mol. The number of amides is 2. The van der Waals surface area contributed by atoms with Gasteiger partial charge in [0.2, 0.25) is 5.91 Å². The van der Waals surface area contributed by atoms with Crippen LogP contribution in [0.15, 0.2) is 95.9 Å². The van der Waals surface area contributed by atoms with Gasteiger partial charge in [-0.05, 0) is 85.3 Å². The van der Waals surface area contributed by atoms with Crippen LogP contribution in [0.25, 0.3) is 10.8 Å². The molecule has 2 amide bonds. The molecule has 0 aliphatic heterocycles. The SMILES string of the molecule is CCOC(=O)c1ccc(NC(=O)C(C)Sc2ccc(NC(=O)c3ccc4ccccc4c3)cc2)cc1. The van der Waals surface area contributed by atoms with Gasteiger partial charge >= 0.3 is 5.97 Å². The number of esters is 1.